The van der Waals surface area contributed by atoms with Gasteiger partial charge in [-0.05, 0) is 60.3 Å². The van der Waals surface area contributed by atoms with Gasteiger partial charge in [-0.1, -0.05) is 62.4 Å². The summed E-state index contributed by atoms with van der Waals surface area (Å²) >= 11 is 0. The molecular formula is C34H50N2O7. The van der Waals surface area contributed by atoms with E-state index < -0.39 is 0 Å². The zero-order valence-corrected chi connectivity index (χ0v) is 25.9. The van der Waals surface area contributed by atoms with Crippen molar-refractivity contribution >= 4 is 12.0 Å². The number of carbonyl (C=O) groups excluding carboxylic acids is 2. The van der Waals surface area contributed by atoms with E-state index in [1.165, 1.54) is 22.3 Å². The number of benzene rings is 2. The van der Waals surface area contributed by atoms with Gasteiger partial charge in [0.2, 0.25) is 5.91 Å². The molecule has 0 saturated carbocycles. The van der Waals surface area contributed by atoms with E-state index in [1.807, 2.05) is 24.3 Å². The van der Waals surface area contributed by atoms with Crippen molar-refractivity contribution < 1.29 is 33.3 Å². The number of nitrogens with one attached hydrogen (secondary N) is 2. The van der Waals surface area contributed by atoms with Crippen LogP contribution in [-0.2, 0) is 28.5 Å². The van der Waals surface area contributed by atoms with Crippen LogP contribution in [0.4, 0.5) is 4.79 Å². The number of ether oxygens (including phenoxy) is 5. The normalized spacial score (nSPS) is 12.3. The average molecular weight is 599 g/mol. The van der Waals surface area contributed by atoms with E-state index in [9.17, 15) is 9.59 Å². The quantitative estimate of drug-likeness (QED) is 0.167. The van der Waals surface area contributed by atoms with Gasteiger partial charge >= 0.3 is 6.09 Å². The van der Waals surface area contributed by atoms with Crippen molar-refractivity contribution in [2.45, 2.75) is 51.9 Å². The predicted octanol–water partition coefficient (Wildman–Crippen LogP) is 5.31. The second kappa shape index (κ2) is 20.8. The van der Waals surface area contributed by atoms with Crippen molar-refractivity contribution in [1.29, 1.82) is 0 Å². The van der Waals surface area contributed by atoms with Crippen LogP contribution >= 0.6 is 0 Å². The molecule has 0 heterocycles. The fourth-order valence-electron chi connectivity index (χ4n) is 4.84. The summed E-state index contributed by atoms with van der Waals surface area (Å²) in [6.45, 7) is 10.2. The van der Waals surface area contributed by atoms with Crippen LogP contribution in [0.2, 0.25) is 0 Å². The van der Waals surface area contributed by atoms with Crippen LogP contribution in [0.15, 0.2) is 48.5 Å². The lowest BCUT2D eigenvalue weighted by Gasteiger charge is -2.14. The first kappa shape index (κ1) is 34.5. The third-order valence-corrected chi connectivity index (χ3v) is 6.96. The number of unbranched alkanes of at least 4 members (excludes halogenated alkanes) is 1. The van der Waals surface area contributed by atoms with Crippen LogP contribution in [0.3, 0.4) is 0 Å². The van der Waals surface area contributed by atoms with E-state index in [2.05, 4.69) is 48.7 Å². The van der Waals surface area contributed by atoms with Crippen molar-refractivity contribution in [1.82, 2.24) is 10.6 Å². The predicted molar refractivity (Wildman–Crippen MR) is 167 cm³/mol. The highest BCUT2D eigenvalue weighted by Gasteiger charge is 2.28. The summed E-state index contributed by atoms with van der Waals surface area (Å²) in [5, 5.41) is 5.68. The van der Waals surface area contributed by atoms with Gasteiger partial charge in [-0.3, -0.25) is 4.79 Å². The van der Waals surface area contributed by atoms with E-state index >= 15 is 0 Å². The van der Waals surface area contributed by atoms with Crippen LogP contribution in [0.1, 0.15) is 63.0 Å². The second-order valence-corrected chi connectivity index (χ2v) is 11.1. The summed E-state index contributed by atoms with van der Waals surface area (Å²) < 4.78 is 27.7. The van der Waals surface area contributed by atoms with Gasteiger partial charge < -0.3 is 34.3 Å². The summed E-state index contributed by atoms with van der Waals surface area (Å²) in [4.78, 5) is 23.8. The van der Waals surface area contributed by atoms with Gasteiger partial charge in [0.25, 0.3) is 0 Å². The topological polar surface area (TPSA) is 104 Å². The summed E-state index contributed by atoms with van der Waals surface area (Å²) in [6, 6.07) is 16.6. The summed E-state index contributed by atoms with van der Waals surface area (Å²) in [7, 11) is 0. The lowest BCUT2D eigenvalue weighted by atomic mass is 9.98. The maximum Gasteiger partial charge on any atom is 0.407 e. The molecule has 9 heteroatoms. The summed E-state index contributed by atoms with van der Waals surface area (Å²) in [5.41, 5.74) is 4.86. The van der Waals surface area contributed by atoms with Crippen LogP contribution in [-0.4, -0.2) is 84.6 Å². The molecule has 0 fully saturated rings. The van der Waals surface area contributed by atoms with Crippen LogP contribution in [0.5, 0.6) is 0 Å². The number of carbonyl (C=O) groups is 2. The first-order valence-corrected chi connectivity index (χ1v) is 15.7. The number of fused-ring (bicyclic) bond motifs is 3. The molecule has 0 atom stereocenters. The first-order chi connectivity index (χ1) is 21.1. The van der Waals surface area contributed by atoms with Crippen LogP contribution < -0.4 is 10.6 Å². The maximum atomic E-state index is 12.2. The van der Waals surface area contributed by atoms with Gasteiger partial charge in [-0.25, -0.2) is 4.79 Å². The molecule has 0 spiro atoms. The summed E-state index contributed by atoms with van der Waals surface area (Å²) in [5.74, 6) is 0.414. The molecule has 0 unspecified atom stereocenters. The van der Waals surface area contributed by atoms with Gasteiger partial charge in [-0.2, -0.15) is 0 Å². The minimum Gasteiger partial charge on any atom is -0.449 e. The third kappa shape index (κ3) is 13.5. The molecule has 238 valence electrons. The maximum absolute atomic E-state index is 12.2. The van der Waals surface area contributed by atoms with E-state index in [0.29, 0.717) is 71.9 Å². The lowest BCUT2D eigenvalue weighted by Crippen LogP contribution is -2.29. The first-order valence-electron chi connectivity index (χ1n) is 15.7. The van der Waals surface area contributed by atoms with Crippen molar-refractivity contribution in [2.24, 2.45) is 5.92 Å². The molecule has 9 nitrogen and oxygen atoms in total. The molecule has 3 rings (SSSR count). The molecule has 0 bridgehead atoms. The van der Waals surface area contributed by atoms with Crippen molar-refractivity contribution in [2.75, 3.05) is 72.6 Å². The minimum atomic E-state index is -0.378. The van der Waals surface area contributed by atoms with Gasteiger partial charge in [0.1, 0.15) is 13.2 Å². The van der Waals surface area contributed by atoms with E-state index in [1.54, 1.807) is 0 Å². The Balaban J connectivity index is 1.06. The molecule has 1 aliphatic rings. The largest absolute Gasteiger partial charge is 0.449 e. The lowest BCUT2D eigenvalue weighted by molar-refractivity contribution is -0.126. The molecule has 0 aliphatic heterocycles. The van der Waals surface area contributed by atoms with Crippen LogP contribution in [0.25, 0.3) is 11.1 Å². The molecule has 0 radical (unpaired) electrons. The fraction of sp³-hybridized carbons (Fsp3) is 0.588. The van der Waals surface area contributed by atoms with E-state index in [0.717, 1.165) is 32.1 Å². The van der Waals surface area contributed by atoms with Crippen molar-refractivity contribution in [3.8, 4) is 11.1 Å². The van der Waals surface area contributed by atoms with Crippen LogP contribution in [0, 0.1) is 5.92 Å². The Hall–Kier alpha value is -2.98. The number of alkyl carbamates (subject to hydrolysis) is 1. The third-order valence-electron chi connectivity index (χ3n) is 6.96. The Kier molecular flexibility index (Phi) is 16.7. The molecule has 2 N–H and O–H groups in total. The van der Waals surface area contributed by atoms with Crippen molar-refractivity contribution in [3.63, 3.8) is 0 Å². The monoisotopic (exact) mass is 598 g/mol. The Morgan fingerprint density at radius 2 is 1.21 bits per heavy atom. The molecule has 2 aromatic rings. The number of hydrogen-bond donors (Lipinski definition) is 2. The number of amides is 2. The zero-order chi connectivity index (χ0) is 30.5. The van der Waals surface area contributed by atoms with Gasteiger partial charge in [-0.15, -0.1) is 0 Å². The van der Waals surface area contributed by atoms with Crippen molar-refractivity contribution in [3.05, 3.63) is 59.7 Å². The molecule has 0 saturated heterocycles. The minimum absolute atomic E-state index is 0.0704. The highest BCUT2D eigenvalue weighted by Crippen LogP contribution is 2.44. The second-order valence-electron chi connectivity index (χ2n) is 11.1. The van der Waals surface area contributed by atoms with Gasteiger partial charge in [0.15, 0.2) is 0 Å². The Bertz CT molecular complexity index is 1030. The highest BCUT2D eigenvalue weighted by molar-refractivity contribution is 5.79. The molecule has 2 aromatic carbocycles. The highest BCUT2D eigenvalue weighted by atomic mass is 16.5. The smallest absolute Gasteiger partial charge is 0.407 e. The average Bonchev–Trinajstić information content (AvgIpc) is 3.32. The number of rotatable bonds is 23. The molecular weight excluding hydrogens is 548 g/mol. The Morgan fingerprint density at radius 3 is 1.81 bits per heavy atom. The molecule has 2 amide bonds. The van der Waals surface area contributed by atoms with Gasteiger partial charge in [0, 0.05) is 65.3 Å². The molecule has 1 aliphatic carbocycles. The van der Waals surface area contributed by atoms with Gasteiger partial charge in [0.05, 0.1) is 0 Å². The molecule has 43 heavy (non-hydrogen) atoms. The zero-order valence-electron chi connectivity index (χ0n) is 25.9. The van der Waals surface area contributed by atoms with E-state index in [-0.39, 0.29) is 24.5 Å². The Labute approximate surface area is 257 Å². The standard InChI is InChI=1S/C34H50N2O7/c1-27(2)24-42-26-33(37)35-17-9-19-40-21-11-23-41-22-10-20-39-18-8-7-16-36-34(38)43-25-32-30-14-5-3-12-28(30)29-13-4-6-15-31(29)32/h3-6,12-15,27,32H,7-11,16-26H2,1-2H3,(H,35,37)(H,36,38). The summed E-state index contributed by atoms with van der Waals surface area (Å²) in [6.07, 6.45) is 3.79. The fourth-order valence-corrected chi connectivity index (χ4v) is 4.84. The Morgan fingerprint density at radius 1 is 0.674 bits per heavy atom. The number of hydrogen-bond acceptors (Lipinski definition) is 7. The SMILES string of the molecule is CC(C)COCC(=O)NCCCOCCCOCCCOCCCCNC(=O)OCC1c2ccccc2-c2ccccc21. The van der Waals surface area contributed by atoms with E-state index in [4.69, 9.17) is 23.7 Å². The molecule has 0 aromatic heterocycles.